The smallest absolute Gasteiger partial charge is 0.316 e. The van der Waals surface area contributed by atoms with Crippen LogP contribution in [0.3, 0.4) is 0 Å². The molecule has 1 amide bonds. The third-order valence-electron chi connectivity index (χ3n) is 2.36. The van der Waals surface area contributed by atoms with Crippen LogP contribution in [0.5, 0.6) is 5.75 Å². The fourth-order valence-electron chi connectivity index (χ4n) is 1.36. The molecule has 0 bridgehead atoms. The van der Waals surface area contributed by atoms with Gasteiger partial charge in [0.15, 0.2) is 10.9 Å². The van der Waals surface area contributed by atoms with E-state index in [0.29, 0.717) is 20.2 Å². The van der Waals surface area contributed by atoms with Crippen LogP contribution in [-0.2, 0) is 14.3 Å². The highest BCUT2D eigenvalue weighted by molar-refractivity contribution is 8.01. The molecule has 0 saturated carbocycles. The number of carbonyl (C=O) groups excluding carboxylic acids is 2. The lowest BCUT2D eigenvalue weighted by Crippen LogP contribution is -2.20. The minimum absolute atomic E-state index is 0.136. The van der Waals surface area contributed by atoms with E-state index in [0.717, 1.165) is 11.3 Å². The number of ether oxygens (including phenoxy) is 2. The second kappa shape index (κ2) is 8.70. The predicted octanol–water partition coefficient (Wildman–Crippen LogP) is 2.47. The largest absolute Gasteiger partial charge is 0.484 e. The van der Waals surface area contributed by atoms with Gasteiger partial charge in [-0.1, -0.05) is 40.8 Å². The number of nitrogens with zero attached hydrogens (tertiary/aromatic N) is 2. The quantitative estimate of drug-likeness (QED) is 0.453. The minimum Gasteiger partial charge on any atom is -0.484 e. The maximum absolute atomic E-state index is 11.8. The molecule has 122 valence electrons. The van der Waals surface area contributed by atoms with E-state index in [4.69, 9.17) is 16.3 Å². The molecule has 2 aromatic rings. The number of nitrogens with one attached hydrogen (secondary N) is 1. The summed E-state index contributed by atoms with van der Waals surface area (Å²) >= 11 is 8.17. The number of thioether (sulfide) groups is 1. The topological polar surface area (TPSA) is 90.4 Å². The van der Waals surface area contributed by atoms with E-state index in [9.17, 15) is 9.59 Å². The second-order valence-electron chi connectivity index (χ2n) is 4.03. The molecular weight excluding hydrogens is 362 g/mol. The fourth-order valence-corrected chi connectivity index (χ4v) is 3.14. The van der Waals surface area contributed by atoms with Gasteiger partial charge >= 0.3 is 5.97 Å². The second-order valence-corrected chi connectivity index (χ2v) is 6.67. The molecule has 0 spiro atoms. The Balaban J connectivity index is 1.79. The number of carbonyl (C=O) groups is 2. The van der Waals surface area contributed by atoms with Crippen molar-refractivity contribution in [2.24, 2.45) is 0 Å². The van der Waals surface area contributed by atoms with Crippen molar-refractivity contribution in [2.75, 3.05) is 24.8 Å². The maximum Gasteiger partial charge on any atom is 0.316 e. The number of esters is 1. The molecule has 1 aromatic carbocycles. The van der Waals surface area contributed by atoms with Crippen molar-refractivity contribution >= 4 is 51.7 Å². The van der Waals surface area contributed by atoms with Crippen LogP contribution >= 0.6 is 34.7 Å². The molecule has 1 N–H and O–H groups in total. The number of hydrogen-bond acceptors (Lipinski definition) is 8. The predicted molar refractivity (Wildman–Crippen MR) is 88.2 cm³/mol. The monoisotopic (exact) mass is 373 g/mol. The molecule has 0 radical (unpaired) electrons. The first-order valence-electron chi connectivity index (χ1n) is 6.28. The Morgan fingerprint density at radius 2 is 2.22 bits per heavy atom. The number of rotatable bonds is 7. The standard InChI is InChI=1S/C13H12ClN3O4S2/c1-20-11(19)7-22-13-17-16-12(23-13)15-10(18)6-21-9-4-2-3-8(14)5-9/h2-5H,6-7H2,1H3,(H,15,16,18). The molecule has 1 heterocycles. The first-order valence-corrected chi connectivity index (χ1v) is 8.46. The van der Waals surface area contributed by atoms with Gasteiger partial charge in [0, 0.05) is 5.02 Å². The van der Waals surface area contributed by atoms with Crippen molar-refractivity contribution in [1.29, 1.82) is 0 Å². The first kappa shape index (κ1) is 17.5. The van der Waals surface area contributed by atoms with Gasteiger partial charge in [-0.3, -0.25) is 14.9 Å². The lowest BCUT2D eigenvalue weighted by atomic mass is 10.3. The summed E-state index contributed by atoms with van der Waals surface area (Å²) < 4.78 is 10.4. The molecule has 0 saturated heterocycles. The SMILES string of the molecule is COC(=O)CSc1nnc(NC(=O)COc2cccc(Cl)c2)s1. The van der Waals surface area contributed by atoms with E-state index in [-0.39, 0.29) is 24.2 Å². The van der Waals surface area contributed by atoms with E-state index < -0.39 is 0 Å². The van der Waals surface area contributed by atoms with Gasteiger partial charge in [-0.15, -0.1) is 10.2 Å². The Morgan fingerprint density at radius 3 is 2.96 bits per heavy atom. The summed E-state index contributed by atoms with van der Waals surface area (Å²) in [6.45, 7) is -0.176. The van der Waals surface area contributed by atoms with Gasteiger partial charge in [-0.05, 0) is 18.2 Å². The maximum atomic E-state index is 11.8. The number of halogens is 1. The molecule has 0 unspecified atom stereocenters. The van der Waals surface area contributed by atoms with Crippen LogP contribution in [0.4, 0.5) is 5.13 Å². The highest BCUT2D eigenvalue weighted by Crippen LogP contribution is 2.25. The molecule has 23 heavy (non-hydrogen) atoms. The van der Waals surface area contributed by atoms with Crippen molar-refractivity contribution in [3.05, 3.63) is 29.3 Å². The van der Waals surface area contributed by atoms with Gasteiger partial charge in [0.05, 0.1) is 12.9 Å². The van der Waals surface area contributed by atoms with Crippen molar-refractivity contribution < 1.29 is 19.1 Å². The Hall–Kier alpha value is -1.84. The average Bonchev–Trinajstić information content (AvgIpc) is 2.98. The zero-order chi connectivity index (χ0) is 16.7. The number of hydrogen-bond donors (Lipinski definition) is 1. The lowest BCUT2D eigenvalue weighted by Gasteiger charge is -2.05. The molecule has 0 aliphatic carbocycles. The normalized spacial score (nSPS) is 10.2. The molecule has 1 aromatic heterocycles. The Bertz CT molecular complexity index is 695. The molecule has 2 rings (SSSR count). The highest BCUT2D eigenvalue weighted by atomic mass is 35.5. The number of aromatic nitrogens is 2. The van der Waals surface area contributed by atoms with Crippen molar-refractivity contribution in [3.8, 4) is 5.75 Å². The summed E-state index contributed by atoms with van der Waals surface area (Å²) in [6, 6.07) is 6.75. The first-order chi connectivity index (χ1) is 11.1. The van der Waals surface area contributed by atoms with Gasteiger partial charge in [-0.2, -0.15) is 0 Å². The van der Waals surface area contributed by atoms with Gasteiger partial charge in [0.1, 0.15) is 5.75 Å². The van der Waals surface area contributed by atoms with Crippen molar-refractivity contribution in [2.45, 2.75) is 4.34 Å². The van der Waals surface area contributed by atoms with E-state index in [2.05, 4.69) is 20.3 Å². The average molecular weight is 374 g/mol. The van der Waals surface area contributed by atoms with Crippen LogP contribution < -0.4 is 10.1 Å². The summed E-state index contributed by atoms with van der Waals surface area (Å²) in [6.07, 6.45) is 0. The molecular formula is C13H12ClN3O4S2. The summed E-state index contributed by atoms with van der Waals surface area (Å²) in [7, 11) is 1.31. The number of benzene rings is 1. The van der Waals surface area contributed by atoms with Gasteiger partial charge in [0.2, 0.25) is 5.13 Å². The molecule has 0 aliphatic heterocycles. The fraction of sp³-hybridized carbons (Fsp3) is 0.231. The molecule has 0 atom stereocenters. The van der Waals surface area contributed by atoms with Crippen LogP contribution in [0.15, 0.2) is 28.6 Å². The van der Waals surface area contributed by atoms with Crippen LogP contribution in [0.25, 0.3) is 0 Å². The zero-order valence-electron chi connectivity index (χ0n) is 11.9. The lowest BCUT2D eigenvalue weighted by molar-refractivity contribution is -0.137. The Morgan fingerprint density at radius 1 is 1.39 bits per heavy atom. The van der Waals surface area contributed by atoms with Gasteiger partial charge in [0.25, 0.3) is 5.91 Å². The highest BCUT2D eigenvalue weighted by Gasteiger charge is 2.11. The number of methoxy groups -OCH3 is 1. The number of anilines is 1. The molecule has 0 aliphatic rings. The van der Waals surface area contributed by atoms with E-state index >= 15 is 0 Å². The summed E-state index contributed by atoms with van der Waals surface area (Å²) in [5, 5.41) is 11.1. The van der Waals surface area contributed by atoms with Gasteiger partial charge in [-0.25, -0.2) is 0 Å². The Labute approximate surface area is 145 Å². The minimum atomic E-state index is -0.370. The third kappa shape index (κ3) is 6.05. The van der Waals surface area contributed by atoms with E-state index in [1.165, 1.54) is 18.9 Å². The van der Waals surface area contributed by atoms with Crippen LogP contribution in [-0.4, -0.2) is 41.5 Å². The van der Waals surface area contributed by atoms with E-state index in [1.54, 1.807) is 24.3 Å². The van der Waals surface area contributed by atoms with Crippen LogP contribution in [0, 0.1) is 0 Å². The van der Waals surface area contributed by atoms with Crippen LogP contribution in [0.1, 0.15) is 0 Å². The van der Waals surface area contributed by atoms with Crippen LogP contribution in [0.2, 0.25) is 5.02 Å². The molecule has 0 fully saturated rings. The summed E-state index contributed by atoms with van der Waals surface area (Å²) in [4.78, 5) is 22.8. The summed E-state index contributed by atoms with van der Waals surface area (Å²) in [5.74, 6) is -0.0904. The van der Waals surface area contributed by atoms with E-state index in [1.807, 2.05) is 0 Å². The van der Waals surface area contributed by atoms with Crippen molar-refractivity contribution in [1.82, 2.24) is 10.2 Å². The molecule has 10 heteroatoms. The Kier molecular flexibility index (Phi) is 6.63. The summed E-state index contributed by atoms with van der Waals surface area (Å²) in [5.41, 5.74) is 0. The zero-order valence-corrected chi connectivity index (χ0v) is 14.3. The van der Waals surface area contributed by atoms with Gasteiger partial charge < -0.3 is 9.47 Å². The van der Waals surface area contributed by atoms with Crippen molar-refractivity contribution in [3.63, 3.8) is 0 Å². The molecule has 7 nitrogen and oxygen atoms in total. The third-order valence-corrected chi connectivity index (χ3v) is 4.54. The number of amides is 1.